The molecule has 5 nitrogen and oxygen atoms in total. The third-order valence-electron chi connectivity index (χ3n) is 3.50. The standard InChI is InChI=1S/C16H23ClN2O3S/c1-3-22-16-13(17)6-11(7-14(16)21-2)9-19-15(20)8-12-10-23-5-4-18-12/h6-7,12,18H,3-5,8-10H2,1-2H3,(H,19,20). The summed E-state index contributed by atoms with van der Waals surface area (Å²) in [7, 11) is 1.57. The van der Waals surface area contributed by atoms with E-state index in [1.165, 1.54) is 0 Å². The maximum Gasteiger partial charge on any atom is 0.221 e. The highest BCUT2D eigenvalue weighted by Gasteiger charge is 2.17. The fourth-order valence-electron chi connectivity index (χ4n) is 2.41. The average Bonchev–Trinajstić information content (AvgIpc) is 2.56. The summed E-state index contributed by atoms with van der Waals surface area (Å²) in [4.78, 5) is 12.0. The van der Waals surface area contributed by atoms with E-state index in [1.807, 2.05) is 24.8 Å². The van der Waals surface area contributed by atoms with Gasteiger partial charge in [-0.2, -0.15) is 11.8 Å². The molecule has 0 aliphatic carbocycles. The van der Waals surface area contributed by atoms with Crippen LogP contribution in [0.1, 0.15) is 18.9 Å². The molecule has 128 valence electrons. The minimum Gasteiger partial charge on any atom is -0.493 e. The van der Waals surface area contributed by atoms with Gasteiger partial charge in [0.1, 0.15) is 0 Å². The molecule has 1 fully saturated rings. The third-order valence-corrected chi connectivity index (χ3v) is 4.91. The quantitative estimate of drug-likeness (QED) is 0.784. The number of nitrogens with one attached hydrogen (secondary N) is 2. The number of hydrogen-bond acceptors (Lipinski definition) is 5. The van der Waals surface area contributed by atoms with Crippen molar-refractivity contribution in [2.45, 2.75) is 25.9 Å². The van der Waals surface area contributed by atoms with E-state index in [0.717, 1.165) is 23.6 Å². The van der Waals surface area contributed by atoms with Crippen molar-refractivity contribution in [3.05, 3.63) is 22.7 Å². The first-order valence-electron chi connectivity index (χ1n) is 7.71. The summed E-state index contributed by atoms with van der Waals surface area (Å²) in [5.74, 6) is 3.25. The van der Waals surface area contributed by atoms with Crippen LogP contribution in [-0.4, -0.2) is 43.7 Å². The van der Waals surface area contributed by atoms with Gasteiger partial charge in [0.15, 0.2) is 11.5 Å². The number of ether oxygens (including phenoxy) is 2. The van der Waals surface area contributed by atoms with Crippen molar-refractivity contribution in [1.29, 1.82) is 0 Å². The molecule has 0 aromatic heterocycles. The average molecular weight is 359 g/mol. The molecule has 0 spiro atoms. The Hall–Kier alpha value is -1.11. The van der Waals surface area contributed by atoms with Crippen molar-refractivity contribution in [2.24, 2.45) is 0 Å². The summed E-state index contributed by atoms with van der Waals surface area (Å²) in [6.45, 7) is 3.79. The number of thioether (sulfide) groups is 1. The minimum absolute atomic E-state index is 0.0361. The van der Waals surface area contributed by atoms with E-state index >= 15 is 0 Å². The molecule has 0 bridgehead atoms. The van der Waals surface area contributed by atoms with E-state index < -0.39 is 0 Å². The van der Waals surface area contributed by atoms with Crippen molar-refractivity contribution in [3.63, 3.8) is 0 Å². The van der Waals surface area contributed by atoms with Crippen molar-refractivity contribution >= 4 is 29.3 Å². The first-order chi connectivity index (χ1) is 11.1. The lowest BCUT2D eigenvalue weighted by Gasteiger charge is -2.22. The number of carbonyl (C=O) groups is 1. The van der Waals surface area contributed by atoms with Crippen LogP contribution in [0.15, 0.2) is 12.1 Å². The monoisotopic (exact) mass is 358 g/mol. The molecule has 1 aromatic carbocycles. The predicted molar refractivity (Wildman–Crippen MR) is 94.8 cm³/mol. The number of benzene rings is 1. The van der Waals surface area contributed by atoms with E-state index in [0.29, 0.717) is 36.1 Å². The Morgan fingerprint density at radius 3 is 3.00 bits per heavy atom. The summed E-state index contributed by atoms with van der Waals surface area (Å²) < 4.78 is 10.8. The molecule has 1 aliphatic heterocycles. The van der Waals surface area contributed by atoms with Gasteiger partial charge in [0.25, 0.3) is 0 Å². The van der Waals surface area contributed by atoms with Crippen LogP contribution in [0.5, 0.6) is 11.5 Å². The van der Waals surface area contributed by atoms with E-state index in [9.17, 15) is 4.79 Å². The molecule has 0 radical (unpaired) electrons. The van der Waals surface area contributed by atoms with Crippen molar-refractivity contribution in [2.75, 3.05) is 31.8 Å². The molecule has 1 amide bonds. The van der Waals surface area contributed by atoms with Gasteiger partial charge in [0.2, 0.25) is 5.91 Å². The molecule has 1 saturated heterocycles. The van der Waals surface area contributed by atoms with Crippen LogP contribution in [0.4, 0.5) is 0 Å². The lowest BCUT2D eigenvalue weighted by Crippen LogP contribution is -2.41. The predicted octanol–water partition coefficient (Wildman–Crippen LogP) is 2.46. The SMILES string of the molecule is CCOc1c(Cl)cc(CNC(=O)CC2CSCCN2)cc1OC. The smallest absolute Gasteiger partial charge is 0.221 e. The van der Waals surface area contributed by atoms with Crippen LogP contribution in [0.3, 0.4) is 0 Å². The molecule has 1 aliphatic rings. The lowest BCUT2D eigenvalue weighted by atomic mass is 10.1. The number of carbonyl (C=O) groups excluding carboxylic acids is 1. The third kappa shape index (κ3) is 5.48. The zero-order valence-corrected chi connectivity index (χ0v) is 15.1. The summed E-state index contributed by atoms with van der Waals surface area (Å²) >= 11 is 8.11. The molecule has 1 heterocycles. The summed E-state index contributed by atoms with van der Waals surface area (Å²) in [6.07, 6.45) is 0.495. The molecular formula is C16H23ClN2O3S. The Morgan fingerprint density at radius 1 is 1.52 bits per heavy atom. The second-order valence-corrected chi connectivity index (χ2v) is 6.81. The maximum absolute atomic E-state index is 12.0. The molecule has 1 aromatic rings. The number of rotatable bonds is 7. The molecule has 1 atom stereocenters. The Morgan fingerprint density at radius 2 is 2.35 bits per heavy atom. The highest BCUT2D eigenvalue weighted by atomic mass is 35.5. The van der Waals surface area contributed by atoms with Crippen LogP contribution >= 0.6 is 23.4 Å². The lowest BCUT2D eigenvalue weighted by molar-refractivity contribution is -0.121. The first kappa shape index (κ1) is 18.2. The fourth-order valence-corrected chi connectivity index (χ4v) is 3.64. The molecule has 2 rings (SSSR count). The highest BCUT2D eigenvalue weighted by Crippen LogP contribution is 2.36. The highest BCUT2D eigenvalue weighted by molar-refractivity contribution is 7.99. The number of hydrogen-bond donors (Lipinski definition) is 2. The van der Waals surface area contributed by atoms with E-state index in [-0.39, 0.29) is 11.9 Å². The zero-order valence-electron chi connectivity index (χ0n) is 13.5. The molecule has 1 unspecified atom stereocenters. The van der Waals surface area contributed by atoms with Crippen LogP contribution in [0.25, 0.3) is 0 Å². The second kappa shape index (κ2) is 9.25. The molecular weight excluding hydrogens is 336 g/mol. The van der Waals surface area contributed by atoms with Gasteiger partial charge in [-0.25, -0.2) is 0 Å². The fraction of sp³-hybridized carbons (Fsp3) is 0.562. The Balaban J connectivity index is 1.91. The summed E-state index contributed by atoms with van der Waals surface area (Å²) in [5.41, 5.74) is 0.884. The number of halogens is 1. The molecule has 23 heavy (non-hydrogen) atoms. The van der Waals surface area contributed by atoms with E-state index in [2.05, 4.69) is 10.6 Å². The van der Waals surface area contributed by atoms with Crippen LogP contribution in [0, 0.1) is 0 Å². The Kier molecular flexibility index (Phi) is 7.33. The normalized spacial score (nSPS) is 17.6. The van der Waals surface area contributed by atoms with Gasteiger partial charge < -0.3 is 20.1 Å². The molecule has 2 N–H and O–H groups in total. The van der Waals surface area contributed by atoms with E-state index in [1.54, 1.807) is 13.2 Å². The van der Waals surface area contributed by atoms with Crippen molar-refractivity contribution in [1.82, 2.24) is 10.6 Å². The van der Waals surface area contributed by atoms with Gasteiger partial charge in [-0.3, -0.25) is 4.79 Å². The Labute approximate surface area is 146 Å². The van der Waals surface area contributed by atoms with Crippen molar-refractivity contribution < 1.29 is 14.3 Å². The Bertz CT molecular complexity index is 536. The van der Waals surface area contributed by atoms with Gasteiger partial charge >= 0.3 is 0 Å². The van der Waals surface area contributed by atoms with Crippen LogP contribution in [-0.2, 0) is 11.3 Å². The number of methoxy groups -OCH3 is 1. The molecule has 7 heteroatoms. The first-order valence-corrected chi connectivity index (χ1v) is 9.24. The van der Waals surface area contributed by atoms with Gasteiger partial charge in [-0.1, -0.05) is 11.6 Å². The number of amides is 1. The maximum atomic E-state index is 12.0. The van der Waals surface area contributed by atoms with Crippen LogP contribution in [0.2, 0.25) is 5.02 Å². The van der Waals surface area contributed by atoms with Crippen LogP contribution < -0.4 is 20.1 Å². The van der Waals surface area contributed by atoms with E-state index in [4.69, 9.17) is 21.1 Å². The topological polar surface area (TPSA) is 59.6 Å². The second-order valence-electron chi connectivity index (χ2n) is 5.25. The van der Waals surface area contributed by atoms with Gasteiger partial charge in [0, 0.05) is 37.1 Å². The zero-order chi connectivity index (χ0) is 16.7. The summed E-state index contributed by atoms with van der Waals surface area (Å²) in [5, 5.41) is 6.78. The largest absolute Gasteiger partial charge is 0.493 e. The molecule has 0 saturated carbocycles. The van der Waals surface area contributed by atoms with Gasteiger partial charge in [-0.15, -0.1) is 0 Å². The van der Waals surface area contributed by atoms with Crippen molar-refractivity contribution in [3.8, 4) is 11.5 Å². The minimum atomic E-state index is 0.0361. The summed E-state index contributed by atoms with van der Waals surface area (Å²) in [6, 6.07) is 3.89. The van der Waals surface area contributed by atoms with Gasteiger partial charge in [-0.05, 0) is 24.6 Å². The van der Waals surface area contributed by atoms with Gasteiger partial charge in [0.05, 0.1) is 18.7 Å².